The Balaban J connectivity index is 1.23. The number of piperazine rings is 1. The fraction of sp³-hybridized carbons (Fsp3) is 0.417. The van der Waals surface area contributed by atoms with Crippen molar-refractivity contribution in [1.82, 2.24) is 14.2 Å². The predicted molar refractivity (Wildman–Crippen MR) is 136 cm³/mol. The standard InChI is InChI=1S/C24H26ClFN4O3S2/c1-16-4-9-20(25)22-21(16)27-24(34-22)29-13-11-28(12-14-29)23(31)17-3-2-10-30(15-17)35(32,33)19-7-5-18(26)6-8-19/h4-9,17H,2-3,10-15H2,1H3. The molecule has 11 heteroatoms. The molecular weight excluding hydrogens is 511 g/mol. The molecule has 1 amide bonds. The fourth-order valence-electron chi connectivity index (χ4n) is 4.72. The van der Waals surface area contributed by atoms with Gasteiger partial charge in [0.1, 0.15) is 5.82 Å². The molecule has 35 heavy (non-hydrogen) atoms. The molecule has 0 bridgehead atoms. The molecule has 1 atom stereocenters. The van der Waals surface area contributed by atoms with Gasteiger partial charge in [-0.2, -0.15) is 4.31 Å². The van der Waals surface area contributed by atoms with Crippen molar-refractivity contribution in [2.45, 2.75) is 24.7 Å². The van der Waals surface area contributed by atoms with Crippen LogP contribution >= 0.6 is 22.9 Å². The zero-order chi connectivity index (χ0) is 24.7. The molecule has 3 aromatic rings. The zero-order valence-electron chi connectivity index (χ0n) is 19.3. The highest BCUT2D eigenvalue weighted by Gasteiger charge is 2.36. The molecule has 2 aliphatic rings. The van der Waals surface area contributed by atoms with Crippen molar-refractivity contribution in [2.75, 3.05) is 44.2 Å². The number of aromatic nitrogens is 1. The summed E-state index contributed by atoms with van der Waals surface area (Å²) in [5.74, 6) is -0.875. The average molecular weight is 537 g/mol. The first-order valence-corrected chi connectivity index (χ1v) is 14.2. The van der Waals surface area contributed by atoms with Gasteiger partial charge in [-0.15, -0.1) is 0 Å². The molecule has 1 unspecified atom stereocenters. The molecule has 186 valence electrons. The van der Waals surface area contributed by atoms with Crippen molar-refractivity contribution in [3.8, 4) is 0 Å². The quantitative estimate of drug-likeness (QED) is 0.501. The maximum Gasteiger partial charge on any atom is 0.243 e. The Morgan fingerprint density at radius 1 is 1.09 bits per heavy atom. The van der Waals surface area contributed by atoms with Crippen molar-refractivity contribution in [1.29, 1.82) is 0 Å². The van der Waals surface area contributed by atoms with Gasteiger partial charge in [0, 0.05) is 39.3 Å². The summed E-state index contributed by atoms with van der Waals surface area (Å²) in [7, 11) is -3.77. The summed E-state index contributed by atoms with van der Waals surface area (Å²) in [5, 5.41) is 1.60. The first-order valence-electron chi connectivity index (χ1n) is 11.6. The van der Waals surface area contributed by atoms with Crippen molar-refractivity contribution >= 4 is 54.2 Å². The largest absolute Gasteiger partial charge is 0.345 e. The van der Waals surface area contributed by atoms with E-state index >= 15 is 0 Å². The molecule has 2 fully saturated rings. The minimum absolute atomic E-state index is 0.00755. The van der Waals surface area contributed by atoms with Crippen molar-refractivity contribution < 1.29 is 17.6 Å². The van der Waals surface area contributed by atoms with Crippen molar-refractivity contribution in [2.24, 2.45) is 5.92 Å². The number of anilines is 1. The Morgan fingerprint density at radius 3 is 2.49 bits per heavy atom. The van der Waals surface area contributed by atoms with Crippen LogP contribution in [0.1, 0.15) is 18.4 Å². The number of amides is 1. The lowest BCUT2D eigenvalue weighted by Gasteiger charge is -2.38. The number of fused-ring (bicyclic) bond motifs is 1. The van der Waals surface area contributed by atoms with E-state index in [0.717, 1.165) is 33.0 Å². The van der Waals surface area contributed by atoms with Crippen LogP contribution in [0.15, 0.2) is 41.3 Å². The Morgan fingerprint density at radius 2 is 1.80 bits per heavy atom. The molecule has 0 radical (unpaired) electrons. The number of rotatable bonds is 4. The molecule has 2 aliphatic heterocycles. The molecule has 2 saturated heterocycles. The first kappa shape index (κ1) is 24.4. The molecule has 0 N–H and O–H groups in total. The highest BCUT2D eigenvalue weighted by Crippen LogP contribution is 2.36. The third-order valence-electron chi connectivity index (χ3n) is 6.73. The van der Waals surface area contributed by atoms with Crippen molar-refractivity contribution in [3.63, 3.8) is 0 Å². The molecule has 2 aromatic carbocycles. The second-order valence-corrected chi connectivity index (χ2v) is 12.3. The van der Waals surface area contributed by atoms with Crippen LogP contribution in [0.3, 0.4) is 0 Å². The second-order valence-electron chi connectivity index (χ2n) is 9.01. The Bertz CT molecular complexity index is 1320. The van der Waals surface area contributed by atoms with Gasteiger partial charge in [0.15, 0.2) is 5.13 Å². The predicted octanol–water partition coefficient (Wildman–Crippen LogP) is 4.15. The summed E-state index contributed by atoms with van der Waals surface area (Å²) in [6, 6.07) is 8.67. The number of carbonyl (C=O) groups is 1. The highest BCUT2D eigenvalue weighted by molar-refractivity contribution is 7.89. The van der Waals surface area contributed by atoms with Gasteiger partial charge in [0.25, 0.3) is 0 Å². The topological polar surface area (TPSA) is 73.8 Å². The molecule has 0 aliphatic carbocycles. The van der Waals surface area contributed by atoms with Gasteiger partial charge >= 0.3 is 0 Å². The zero-order valence-corrected chi connectivity index (χ0v) is 21.7. The molecule has 1 aromatic heterocycles. The lowest BCUT2D eigenvalue weighted by Crippen LogP contribution is -2.53. The summed E-state index contributed by atoms with van der Waals surface area (Å²) in [5.41, 5.74) is 2.00. The van der Waals surface area contributed by atoms with Crippen LogP contribution in [0.5, 0.6) is 0 Å². The highest BCUT2D eigenvalue weighted by atomic mass is 35.5. The number of carbonyl (C=O) groups excluding carboxylic acids is 1. The Labute approximate surface area is 213 Å². The SMILES string of the molecule is Cc1ccc(Cl)c2sc(N3CCN(C(=O)C4CCCN(S(=O)(=O)c5ccc(F)cc5)C4)CC3)nc12. The van der Waals surface area contributed by atoms with Crippen LogP contribution in [0.25, 0.3) is 10.2 Å². The third-order valence-corrected chi connectivity index (χ3v) is 10.2. The van der Waals surface area contributed by atoms with Gasteiger partial charge in [0.2, 0.25) is 15.9 Å². The molecular formula is C24H26ClFN4O3S2. The van der Waals surface area contributed by atoms with Crippen LogP contribution in [0.2, 0.25) is 5.02 Å². The van der Waals surface area contributed by atoms with E-state index in [-0.39, 0.29) is 23.3 Å². The molecule has 0 spiro atoms. The van der Waals surface area contributed by atoms with Gasteiger partial charge in [0.05, 0.1) is 26.1 Å². The summed E-state index contributed by atoms with van der Waals surface area (Å²) in [6.07, 6.45) is 1.27. The van der Waals surface area contributed by atoms with E-state index in [1.165, 1.54) is 16.4 Å². The minimum atomic E-state index is -3.77. The number of benzene rings is 2. The number of thiazole rings is 1. The maximum absolute atomic E-state index is 13.3. The van der Waals surface area contributed by atoms with Gasteiger partial charge in [-0.05, 0) is 55.7 Å². The summed E-state index contributed by atoms with van der Waals surface area (Å²) in [4.78, 5) is 22.1. The van der Waals surface area contributed by atoms with Gasteiger partial charge in [-0.25, -0.2) is 17.8 Å². The smallest absolute Gasteiger partial charge is 0.243 e. The van der Waals surface area contributed by atoms with E-state index < -0.39 is 15.8 Å². The molecule has 3 heterocycles. The van der Waals surface area contributed by atoms with Gasteiger partial charge in [-0.3, -0.25) is 4.79 Å². The van der Waals surface area contributed by atoms with Gasteiger partial charge < -0.3 is 9.80 Å². The molecule has 5 rings (SSSR count). The maximum atomic E-state index is 13.3. The number of nitrogens with zero attached hydrogens (tertiary/aromatic N) is 4. The number of aryl methyl sites for hydroxylation is 1. The number of hydrogen-bond acceptors (Lipinski definition) is 6. The number of hydrogen-bond donors (Lipinski definition) is 0. The summed E-state index contributed by atoms with van der Waals surface area (Å²) in [6.45, 7) is 4.96. The van der Waals surface area contributed by atoms with Crippen LogP contribution < -0.4 is 4.90 Å². The third kappa shape index (κ3) is 4.76. The van der Waals surface area contributed by atoms with Crippen LogP contribution in [0.4, 0.5) is 9.52 Å². The second kappa shape index (κ2) is 9.65. The minimum Gasteiger partial charge on any atom is -0.345 e. The number of piperidine rings is 1. The lowest BCUT2D eigenvalue weighted by atomic mass is 9.98. The van der Waals surface area contributed by atoms with Crippen molar-refractivity contribution in [3.05, 3.63) is 52.8 Å². The van der Waals surface area contributed by atoms with Gasteiger partial charge in [-0.1, -0.05) is 29.0 Å². The van der Waals surface area contributed by atoms with E-state index in [2.05, 4.69) is 4.90 Å². The number of sulfonamides is 1. The van der Waals surface area contributed by atoms with E-state index in [1.807, 2.05) is 24.0 Å². The average Bonchev–Trinajstić information content (AvgIpc) is 3.33. The first-order chi connectivity index (χ1) is 16.7. The lowest BCUT2D eigenvalue weighted by molar-refractivity contribution is -0.137. The normalized spacial score (nSPS) is 19.9. The Kier molecular flexibility index (Phi) is 6.73. The van der Waals surface area contributed by atoms with E-state index in [9.17, 15) is 17.6 Å². The monoisotopic (exact) mass is 536 g/mol. The van der Waals surface area contributed by atoms with Crippen LogP contribution in [-0.4, -0.2) is 67.8 Å². The van der Waals surface area contributed by atoms with Crippen LogP contribution in [0, 0.1) is 18.7 Å². The Hall–Kier alpha value is -2.27. The summed E-state index contributed by atoms with van der Waals surface area (Å²) < 4.78 is 41.6. The van der Waals surface area contributed by atoms with Crippen LogP contribution in [-0.2, 0) is 14.8 Å². The molecule has 7 nitrogen and oxygen atoms in total. The number of halogens is 2. The van der Waals surface area contributed by atoms with E-state index in [1.54, 1.807) is 11.3 Å². The summed E-state index contributed by atoms with van der Waals surface area (Å²) >= 11 is 7.92. The van der Waals surface area contributed by atoms with E-state index in [4.69, 9.17) is 16.6 Å². The fourth-order valence-corrected chi connectivity index (χ4v) is 7.61. The molecule has 0 saturated carbocycles. The van der Waals surface area contributed by atoms with E-state index in [0.29, 0.717) is 50.6 Å².